The number of imidazole rings is 2. The van der Waals surface area contributed by atoms with Crippen molar-refractivity contribution in [3.63, 3.8) is 0 Å². The fraction of sp³-hybridized carbons (Fsp3) is 0.286. The molecule has 3 aromatic rings. The summed E-state index contributed by atoms with van der Waals surface area (Å²) in [6.07, 6.45) is 4.41. The van der Waals surface area contributed by atoms with Gasteiger partial charge in [-0.1, -0.05) is 6.07 Å². The Morgan fingerprint density at radius 1 is 1.36 bits per heavy atom. The highest BCUT2D eigenvalue weighted by molar-refractivity contribution is 7.89. The molecular weight excluding hydrogens is 302 g/mol. The van der Waals surface area contributed by atoms with Crippen LogP contribution in [-0.2, 0) is 16.6 Å². The maximum atomic E-state index is 12.1. The zero-order valence-corrected chi connectivity index (χ0v) is 13.1. The summed E-state index contributed by atoms with van der Waals surface area (Å²) in [4.78, 5) is 10.7. The van der Waals surface area contributed by atoms with E-state index in [0.29, 0.717) is 6.04 Å². The summed E-state index contributed by atoms with van der Waals surface area (Å²) >= 11 is 0. The minimum absolute atomic E-state index is 0.0563. The van der Waals surface area contributed by atoms with E-state index in [1.807, 2.05) is 18.2 Å². The molecule has 0 aliphatic rings. The van der Waals surface area contributed by atoms with Crippen molar-refractivity contribution in [2.45, 2.75) is 31.5 Å². The normalized spacial score (nSPS) is 12.3. The molecule has 116 valence electrons. The van der Waals surface area contributed by atoms with E-state index >= 15 is 0 Å². The molecule has 3 rings (SSSR count). The van der Waals surface area contributed by atoms with Gasteiger partial charge in [-0.2, -0.15) is 0 Å². The van der Waals surface area contributed by atoms with Gasteiger partial charge in [-0.25, -0.2) is 23.1 Å². The number of aromatic amines is 1. The number of benzene rings is 1. The number of H-pyrrole nitrogens is 1. The number of hydrogen-bond donors (Lipinski definition) is 2. The minimum Gasteiger partial charge on any atom is -0.335 e. The summed E-state index contributed by atoms with van der Waals surface area (Å²) in [5.41, 5.74) is 2.76. The van der Waals surface area contributed by atoms with Gasteiger partial charge in [0.2, 0.25) is 0 Å². The van der Waals surface area contributed by atoms with Crippen molar-refractivity contribution in [2.75, 3.05) is 0 Å². The molecule has 8 heteroatoms. The molecule has 0 fully saturated rings. The largest absolute Gasteiger partial charge is 0.335 e. The molecule has 0 saturated carbocycles. The van der Waals surface area contributed by atoms with Gasteiger partial charge in [0.05, 0.1) is 29.9 Å². The first-order valence-corrected chi connectivity index (χ1v) is 8.39. The third kappa shape index (κ3) is 2.75. The van der Waals surface area contributed by atoms with Crippen LogP contribution in [0.1, 0.15) is 25.5 Å². The van der Waals surface area contributed by atoms with Gasteiger partial charge in [0.15, 0.2) is 5.03 Å². The van der Waals surface area contributed by atoms with E-state index in [4.69, 9.17) is 0 Å². The Morgan fingerprint density at radius 2 is 2.18 bits per heavy atom. The van der Waals surface area contributed by atoms with E-state index in [-0.39, 0.29) is 11.6 Å². The Bertz CT molecular complexity index is 881. The van der Waals surface area contributed by atoms with Gasteiger partial charge in [-0.15, -0.1) is 0 Å². The van der Waals surface area contributed by atoms with Gasteiger partial charge in [-0.05, 0) is 31.5 Å². The molecule has 0 amide bonds. The van der Waals surface area contributed by atoms with E-state index in [1.165, 1.54) is 12.5 Å². The van der Waals surface area contributed by atoms with Gasteiger partial charge in [0.1, 0.15) is 0 Å². The molecule has 0 radical (unpaired) electrons. The molecule has 2 heterocycles. The predicted octanol–water partition coefficient (Wildman–Crippen LogP) is 1.82. The number of nitrogens with zero attached hydrogens (tertiary/aromatic N) is 3. The lowest BCUT2D eigenvalue weighted by Gasteiger charge is -2.09. The van der Waals surface area contributed by atoms with Crippen molar-refractivity contribution in [2.24, 2.45) is 0 Å². The Hall–Kier alpha value is -2.19. The number of fused-ring (bicyclic) bond motifs is 1. The van der Waals surface area contributed by atoms with Crippen LogP contribution in [0, 0.1) is 0 Å². The van der Waals surface area contributed by atoms with Crippen LogP contribution in [0.4, 0.5) is 0 Å². The van der Waals surface area contributed by atoms with E-state index in [0.717, 1.165) is 16.6 Å². The Labute approximate surface area is 128 Å². The van der Waals surface area contributed by atoms with Gasteiger partial charge in [0.25, 0.3) is 10.0 Å². The zero-order valence-electron chi connectivity index (χ0n) is 12.3. The SMILES string of the molecule is CC(C)n1cnc2ccc(CNS(=O)(=O)c3cnc[nH]3)cc21. The first-order valence-electron chi connectivity index (χ1n) is 6.91. The monoisotopic (exact) mass is 319 g/mol. The van der Waals surface area contributed by atoms with E-state index in [2.05, 4.69) is 38.1 Å². The van der Waals surface area contributed by atoms with Crippen molar-refractivity contribution < 1.29 is 8.42 Å². The van der Waals surface area contributed by atoms with E-state index < -0.39 is 10.0 Å². The summed E-state index contributed by atoms with van der Waals surface area (Å²) in [7, 11) is -3.57. The molecule has 0 spiro atoms. The lowest BCUT2D eigenvalue weighted by Crippen LogP contribution is -2.23. The number of nitrogens with one attached hydrogen (secondary N) is 2. The van der Waals surface area contributed by atoms with Crippen molar-refractivity contribution in [3.8, 4) is 0 Å². The molecule has 2 N–H and O–H groups in total. The fourth-order valence-electron chi connectivity index (χ4n) is 2.24. The van der Waals surface area contributed by atoms with Crippen LogP contribution >= 0.6 is 0 Å². The highest BCUT2D eigenvalue weighted by Gasteiger charge is 2.15. The lowest BCUT2D eigenvalue weighted by atomic mass is 10.2. The van der Waals surface area contributed by atoms with Gasteiger partial charge in [-0.3, -0.25) is 0 Å². The third-order valence-corrected chi connectivity index (χ3v) is 4.75. The summed E-state index contributed by atoms with van der Waals surface area (Å²) in [5, 5.41) is 0.0563. The molecular formula is C14H17N5O2S. The number of sulfonamides is 1. The van der Waals surface area contributed by atoms with Crippen LogP contribution < -0.4 is 4.72 Å². The van der Waals surface area contributed by atoms with Crippen LogP contribution in [-0.4, -0.2) is 27.9 Å². The van der Waals surface area contributed by atoms with Crippen molar-refractivity contribution in [1.29, 1.82) is 0 Å². The van der Waals surface area contributed by atoms with E-state index in [1.54, 1.807) is 6.33 Å². The molecule has 22 heavy (non-hydrogen) atoms. The molecule has 0 unspecified atom stereocenters. The first-order chi connectivity index (χ1) is 10.5. The van der Waals surface area contributed by atoms with Crippen LogP contribution in [0.2, 0.25) is 0 Å². The van der Waals surface area contributed by atoms with Crippen molar-refractivity contribution in [3.05, 3.63) is 42.6 Å². The van der Waals surface area contributed by atoms with Crippen LogP contribution in [0.3, 0.4) is 0 Å². The lowest BCUT2D eigenvalue weighted by molar-refractivity contribution is 0.578. The Kier molecular flexibility index (Phi) is 3.71. The standard InChI is InChI=1S/C14H17N5O2S/c1-10(2)19-9-17-12-4-3-11(5-13(12)19)6-18-22(20,21)14-7-15-8-16-14/h3-5,7-10,18H,6H2,1-2H3,(H,15,16). The minimum atomic E-state index is -3.57. The zero-order chi connectivity index (χ0) is 15.7. The molecule has 0 aliphatic carbocycles. The number of hydrogen-bond acceptors (Lipinski definition) is 4. The van der Waals surface area contributed by atoms with Crippen molar-refractivity contribution >= 4 is 21.1 Å². The second kappa shape index (κ2) is 5.54. The van der Waals surface area contributed by atoms with E-state index in [9.17, 15) is 8.42 Å². The maximum Gasteiger partial charge on any atom is 0.257 e. The summed E-state index contributed by atoms with van der Waals surface area (Å²) < 4.78 is 28.7. The number of rotatable bonds is 5. The Balaban J connectivity index is 1.84. The average molecular weight is 319 g/mol. The van der Waals surface area contributed by atoms with Crippen LogP contribution in [0.25, 0.3) is 11.0 Å². The maximum absolute atomic E-state index is 12.1. The highest BCUT2D eigenvalue weighted by Crippen LogP contribution is 2.19. The summed E-state index contributed by atoms with van der Waals surface area (Å²) in [5.74, 6) is 0. The van der Waals surface area contributed by atoms with Crippen LogP contribution in [0.5, 0.6) is 0 Å². The molecule has 1 aromatic carbocycles. The summed E-state index contributed by atoms with van der Waals surface area (Å²) in [6, 6.07) is 6.02. The quantitative estimate of drug-likeness (QED) is 0.750. The predicted molar refractivity (Wildman–Crippen MR) is 82.7 cm³/mol. The molecule has 0 atom stereocenters. The first kappa shape index (κ1) is 14.7. The Morgan fingerprint density at radius 3 is 2.86 bits per heavy atom. The van der Waals surface area contributed by atoms with Gasteiger partial charge < -0.3 is 9.55 Å². The fourth-order valence-corrected chi connectivity index (χ4v) is 3.16. The average Bonchev–Trinajstić information content (AvgIpc) is 3.14. The van der Waals surface area contributed by atoms with Crippen LogP contribution in [0.15, 0.2) is 42.1 Å². The molecule has 0 aliphatic heterocycles. The third-order valence-electron chi connectivity index (χ3n) is 3.42. The molecule has 7 nitrogen and oxygen atoms in total. The molecule has 0 saturated heterocycles. The van der Waals surface area contributed by atoms with Gasteiger partial charge in [0, 0.05) is 12.6 Å². The van der Waals surface area contributed by atoms with Gasteiger partial charge >= 0.3 is 0 Å². The second-order valence-corrected chi connectivity index (χ2v) is 7.04. The second-order valence-electron chi connectivity index (χ2n) is 5.31. The summed E-state index contributed by atoms with van der Waals surface area (Å²) in [6.45, 7) is 4.37. The highest BCUT2D eigenvalue weighted by atomic mass is 32.2. The topological polar surface area (TPSA) is 92.7 Å². The molecule has 2 aromatic heterocycles. The smallest absolute Gasteiger partial charge is 0.257 e. The number of aromatic nitrogens is 4. The van der Waals surface area contributed by atoms with Crippen molar-refractivity contribution in [1.82, 2.24) is 24.2 Å². The molecule has 0 bridgehead atoms.